The highest BCUT2D eigenvalue weighted by molar-refractivity contribution is 5.76. The summed E-state index contributed by atoms with van der Waals surface area (Å²) in [6.45, 7) is 3.78. The number of hydrogen-bond acceptors (Lipinski definition) is 3. The average molecular weight is 273 g/mol. The van der Waals surface area contributed by atoms with Gasteiger partial charge in [-0.2, -0.15) is 0 Å². The van der Waals surface area contributed by atoms with Gasteiger partial charge in [-0.15, -0.1) is 0 Å². The second-order valence-corrected chi connectivity index (χ2v) is 5.98. The molecule has 2 aromatic rings. The summed E-state index contributed by atoms with van der Waals surface area (Å²) in [6.07, 6.45) is 3.39. The number of nitrogens with two attached hydrogens (primary N) is 1. The van der Waals surface area contributed by atoms with Gasteiger partial charge in [0.1, 0.15) is 5.82 Å². The number of benzene rings is 1. The summed E-state index contributed by atoms with van der Waals surface area (Å²) in [5.41, 5.74) is 8.59. The van der Waals surface area contributed by atoms with Crippen LogP contribution >= 0.6 is 0 Å². The third-order valence-corrected chi connectivity index (χ3v) is 4.71. The topological polar surface area (TPSA) is 53.1 Å². The number of rotatable bonds is 4. The Morgan fingerprint density at radius 2 is 2.25 bits per heavy atom. The number of hydrogen-bond donors (Lipinski definition) is 1. The van der Waals surface area contributed by atoms with Crippen LogP contribution in [-0.2, 0) is 16.7 Å². The number of aromatic nitrogens is 2. The predicted octanol–water partition coefficient (Wildman–Crippen LogP) is 2.45. The second-order valence-electron chi connectivity index (χ2n) is 5.98. The van der Waals surface area contributed by atoms with Crippen molar-refractivity contribution in [1.29, 1.82) is 0 Å². The van der Waals surface area contributed by atoms with Crippen molar-refractivity contribution in [2.24, 2.45) is 5.73 Å². The zero-order chi connectivity index (χ0) is 14.2. The van der Waals surface area contributed by atoms with Crippen molar-refractivity contribution in [3.63, 3.8) is 0 Å². The second kappa shape index (κ2) is 5.19. The van der Waals surface area contributed by atoms with Gasteiger partial charge in [-0.05, 0) is 25.0 Å². The molecule has 0 bridgehead atoms. The maximum atomic E-state index is 6.38. The Morgan fingerprint density at radius 1 is 1.45 bits per heavy atom. The van der Waals surface area contributed by atoms with Gasteiger partial charge in [0.15, 0.2) is 0 Å². The summed E-state index contributed by atoms with van der Waals surface area (Å²) in [5, 5.41) is 0. The fraction of sp³-hybridized carbons (Fsp3) is 0.562. The molecule has 1 aliphatic rings. The van der Waals surface area contributed by atoms with Crippen molar-refractivity contribution in [2.45, 2.75) is 44.2 Å². The van der Waals surface area contributed by atoms with Crippen LogP contribution in [-0.4, -0.2) is 29.3 Å². The molecule has 108 valence electrons. The molecule has 0 radical (unpaired) electrons. The fourth-order valence-electron chi connectivity index (χ4n) is 3.39. The standard InChI is InChI=1S/C16H23N3O/c1-16(9-5-8-14(16)17)15-18-12-6-3-4-7-13(12)19(15)10-11-20-2/h3-4,6-7,14H,5,8-11,17H2,1-2H3. The lowest BCUT2D eigenvalue weighted by Gasteiger charge is -2.29. The van der Waals surface area contributed by atoms with Crippen LogP contribution in [0.4, 0.5) is 0 Å². The van der Waals surface area contributed by atoms with E-state index < -0.39 is 0 Å². The third-order valence-electron chi connectivity index (χ3n) is 4.71. The maximum Gasteiger partial charge on any atom is 0.117 e. The fourth-order valence-corrected chi connectivity index (χ4v) is 3.39. The molecule has 4 nitrogen and oxygen atoms in total. The van der Waals surface area contributed by atoms with Gasteiger partial charge in [-0.25, -0.2) is 4.98 Å². The van der Waals surface area contributed by atoms with Gasteiger partial charge in [-0.1, -0.05) is 25.5 Å². The van der Waals surface area contributed by atoms with Crippen LogP contribution in [0.25, 0.3) is 11.0 Å². The Balaban J connectivity index is 2.13. The van der Waals surface area contributed by atoms with Crippen LogP contribution < -0.4 is 5.73 Å². The smallest absolute Gasteiger partial charge is 0.117 e. The maximum absolute atomic E-state index is 6.38. The molecule has 0 amide bonds. The Labute approximate surface area is 119 Å². The third kappa shape index (κ3) is 2.03. The lowest BCUT2D eigenvalue weighted by atomic mass is 9.84. The van der Waals surface area contributed by atoms with Crippen LogP contribution in [0.1, 0.15) is 32.0 Å². The molecule has 0 spiro atoms. The van der Waals surface area contributed by atoms with E-state index in [0.717, 1.165) is 30.7 Å². The monoisotopic (exact) mass is 273 g/mol. The zero-order valence-corrected chi connectivity index (χ0v) is 12.3. The Hall–Kier alpha value is -1.39. The van der Waals surface area contributed by atoms with E-state index >= 15 is 0 Å². The molecule has 2 N–H and O–H groups in total. The van der Waals surface area contributed by atoms with Gasteiger partial charge in [0.2, 0.25) is 0 Å². The molecule has 2 unspecified atom stereocenters. The Kier molecular flexibility index (Phi) is 3.52. The van der Waals surface area contributed by atoms with Crippen molar-refractivity contribution in [3.05, 3.63) is 30.1 Å². The minimum atomic E-state index is -0.0211. The van der Waals surface area contributed by atoms with E-state index in [1.165, 1.54) is 11.9 Å². The quantitative estimate of drug-likeness (QED) is 0.931. The average Bonchev–Trinajstić information content (AvgIpc) is 2.99. The molecule has 0 saturated heterocycles. The van der Waals surface area contributed by atoms with Gasteiger partial charge >= 0.3 is 0 Å². The lowest BCUT2D eigenvalue weighted by Crippen LogP contribution is -2.40. The van der Waals surface area contributed by atoms with Crippen LogP contribution in [0.5, 0.6) is 0 Å². The summed E-state index contributed by atoms with van der Waals surface area (Å²) in [7, 11) is 1.74. The highest BCUT2D eigenvalue weighted by Crippen LogP contribution is 2.40. The number of para-hydroxylation sites is 2. The minimum absolute atomic E-state index is 0.0211. The molecule has 2 atom stereocenters. The van der Waals surface area contributed by atoms with E-state index in [0.29, 0.717) is 6.61 Å². The normalized spacial score (nSPS) is 26.4. The molecular weight excluding hydrogens is 250 g/mol. The first-order chi connectivity index (χ1) is 9.66. The number of nitrogens with zero attached hydrogens (tertiary/aromatic N) is 2. The van der Waals surface area contributed by atoms with E-state index in [-0.39, 0.29) is 11.5 Å². The van der Waals surface area contributed by atoms with Gasteiger partial charge in [0.25, 0.3) is 0 Å². The Morgan fingerprint density at radius 3 is 2.95 bits per heavy atom. The molecule has 4 heteroatoms. The molecule has 1 heterocycles. The van der Waals surface area contributed by atoms with Crippen molar-refractivity contribution in [1.82, 2.24) is 9.55 Å². The summed E-state index contributed by atoms with van der Waals surface area (Å²) in [5.74, 6) is 1.13. The molecule has 1 saturated carbocycles. The molecule has 0 aliphatic heterocycles. The lowest BCUT2D eigenvalue weighted by molar-refractivity contribution is 0.185. The summed E-state index contributed by atoms with van der Waals surface area (Å²) < 4.78 is 7.56. The molecule has 1 fully saturated rings. The highest BCUT2D eigenvalue weighted by Gasteiger charge is 2.41. The van der Waals surface area contributed by atoms with Gasteiger partial charge in [-0.3, -0.25) is 0 Å². The predicted molar refractivity (Wildman–Crippen MR) is 80.8 cm³/mol. The molecule has 1 aromatic heterocycles. The van der Waals surface area contributed by atoms with Crippen LogP contribution in [0.2, 0.25) is 0 Å². The molecule has 1 aromatic carbocycles. The van der Waals surface area contributed by atoms with Crippen molar-refractivity contribution in [2.75, 3.05) is 13.7 Å². The number of methoxy groups -OCH3 is 1. The largest absolute Gasteiger partial charge is 0.383 e. The van der Waals surface area contributed by atoms with E-state index in [1.54, 1.807) is 7.11 Å². The molecule has 3 rings (SSSR count). The molecule has 1 aliphatic carbocycles. The molecule has 20 heavy (non-hydrogen) atoms. The summed E-state index contributed by atoms with van der Waals surface area (Å²) >= 11 is 0. The zero-order valence-electron chi connectivity index (χ0n) is 12.3. The van der Waals surface area contributed by atoms with E-state index in [9.17, 15) is 0 Å². The van der Waals surface area contributed by atoms with E-state index in [1.807, 2.05) is 6.07 Å². The van der Waals surface area contributed by atoms with Gasteiger partial charge < -0.3 is 15.0 Å². The van der Waals surface area contributed by atoms with Crippen LogP contribution in [0.3, 0.4) is 0 Å². The van der Waals surface area contributed by atoms with Crippen molar-refractivity contribution in [3.8, 4) is 0 Å². The number of ether oxygens (including phenoxy) is 1. The summed E-state index contributed by atoms with van der Waals surface area (Å²) in [6, 6.07) is 8.50. The van der Waals surface area contributed by atoms with Gasteiger partial charge in [0, 0.05) is 25.1 Å². The van der Waals surface area contributed by atoms with Gasteiger partial charge in [0.05, 0.1) is 17.6 Å². The van der Waals surface area contributed by atoms with Crippen molar-refractivity contribution < 1.29 is 4.74 Å². The first-order valence-electron chi connectivity index (χ1n) is 7.37. The van der Waals surface area contributed by atoms with Crippen LogP contribution in [0.15, 0.2) is 24.3 Å². The molecular formula is C16H23N3O. The summed E-state index contributed by atoms with van der Waals surface area (Å²) in [4.78, 5) is 4.90. The minimum Gasteiger partial charge on any atom is -0.383 e. The van der Waals surface area contributed by atoms with E-state index in [4.69, 9.17) is 15.5 Å². The SMILES string of the molecule is COCCn1c(C2(C)CCCC2N)nc2ccccc21. The van der Waals surface area contributed by atoms with Crippen LogP contribution in [0, 0.1) is 0 Å². The first-order valence-corrected chi connectivity index (χ1v) is 7.37. The highest BCUT2D eigenvalue weighted by atomic mass is 16.5. The first kappa shape index (κ1) is 13.6. The van der Waals surface area contributed by atoms with Crippen molar-refractivity contribution >= 4 is 11.0 Å². The van der Waals surface area contributed by atoms with E-state index in [2.05, 4.69) is 29.7 Å². The number of imidazole rings is 1. The Bertz CT molecular complexity index is 607. The number of fused-ring (bicyclic) bond motifs is 1.